The van der Waals surface area contributed by atoms with Gasteiger partial charge in [0.15, 0.2) is 11.5 Å². The van der Waals surface area contributed by atoms with E-state index in [1.165, 1.54) is 0 Å². The zero-order chi connectivity index (χ0) is 13.8. The molecule has 0 aromatic heterocycles. The summed E-state index contributed by atoms with van der Waals surface area (Å²) in [6.07, 6.45) is 0.323. The quantitative estimate of drug-likeness (QED) is 0.824. The van der Waals surface area contributed by atoms with Crippen molar-refractivity contribution in [3.8, 4) is 17.6 Å². The minimum absolute atomic E-state index is 0.0290. The van der Waals surface area contributed by atoms with Gasteiger partial charge in [0.05, 0.1) is 26.2 Å². The van der Waals surface area contributed by atoms with E-state index in [-0.39, 0.29) is 11.8 Å². The lowest BCUT2D eigenvalue weighted by molar-refractivity contribution is -0.128. The number of carbonyl (C=O) groups excluding carboxylic acids is 1. The van der Waals surface area contributed by atoms with E-state index < -0.39 is 0 Å². The number of benzene rings is 1. The summed E-state index contributed by atoms with van der Waals surface area (Å²) in [6, 6.07) is 7.71. The minimum Gasteiger partial charge on any atom is -0.493 e. The van der Waals surface area contributed by atoms with E-state index in [4.69, 9.17) is 14.7 Å². The molecule has 0 spiro atoms. The highest BCUT2D eigenvalue weighted by Crippen LogP contribution is 2.29. The molecule has 5 heteroatoms. The van der Waals surface area contributed by atoms with E-state index in [0.29, 0.717) is 31.0 Å². The van der Waals surface area contributed by atoms with Crippen LogP contribution in [0.1, 0.15) is 12.0 Å². The molecule has 0 radical (unpaired) electrons. The van der Waals surface area contributed by atoms with E-state index in [0.717, 1.165) is 5.56 Å². The van der Waals surface area contributed by atoms with Crippen LogP contribution in [0.5, 0.6) is 11.5 Å². The number of nitriles is 1. The number of nitrogens with zero attached hydrogens (tertiary/aromatic N) is 2. The fourth-order valence-corrected chi connectivity index (χ4v) is 2.21. The zero-order valence-electron chi connectivity index (χ0n) is 11.0. The van der Waals surface area contributed by atoms with Crippen molar-refractivity contribution in [3.63, 3.8) is 0 Å². The van der Waals surface area contributed by atoms with Crippen LogP contribution < -0.4 is 9.47 Å². The average molecular weight is 260 g/mol. The minimum atomic E-state index is -0.187. The highest BCUT2D eigenvalue weighted by Gasteiger charge is 2.29. The molecule has 0 bridgehead atoms. The van der Waals surface area contributed by atoms with Gasteiger partial charge in [0.2, 0.25) is 5.91 Å². The molecule has 1 atom stereocenters. The van der Waals surface area contributed by atoms with E-state index in [1.54, 1.807) is 19.1 Å². The van der Waals surface area contributed by atoms with Crippen LogP contribution in [-0.2, 0) is 11.3 Å². The number of carbonyl (C=O) groups is 1. The van der Waals surface area contributed by atoms with Gasteiger partial charge in [-0.2, -0.15) is 5.26 Å². The van der Waals surface area contributed by atoms with E-state index in [2.05, 4.69) is 6.07 Å². The molecule has 0 N–H and O–H groups in total. The third-order valence-corrected chi connectivity index (χ3v) is 3.22. The van der Waals surface area contributed by atoms with E-state index in [9.17, 15) is 4.79 Å². The molecule has 1 fully saturated rings. The van der Waals surface area contributed by atoms with Gasteiger partial charge in [0.1, 0.15) is 0 Å². The lowest BCUT2D eigenvalue weighted by atomic mass is 10.1. The molecular weight excluding hydrogens is 244 g/mol. The van der Waals surface area contributed by atoms with Crippen LogP contribution in [0.4, 0.5) is 0 Å². The molecule has 1 aliphatic rings. The van der Waals surface area contributed by atoms with Crippen LogP contribution >= 0.6 is 0 Å². The standard InChI is InChI=1S/C14H16N2O3/c1-18-12-4-3-10(5-13(12)19-2)8-16-9-11(7-15)6-14(16)17/h3-5,11H,6,8-9H2,1-2H3/t11-/m1/s1. The summed E-state index contributed by atoms with van der Waals surface area (Å²) in [6.45, 7) is 1.00. The van der Waals surface area contributed by atoms with Gasteiger partial charge in [0, 0.05) is 19.5 Å². The summed E-state index contributed by atoms with van der Waals surface area (Å²) >= 11 is 0. The molecule has 5 nitrogen and oxygen atoms in total. The Morgan fingerprint density at radius 2 is 2.11 bits per heavy atom. The van der Waals surface area contributed by atoms with Crippen molar-refractivity contribution in [1.82, 2.24) is 4.90 Å². The average Bonchev–Trinajstić information content (AvgIpc) is 2.79. The number of amides is 1. The SMILES string of the molecule is COc1ccc(CN2C[C@@H](C#N)CC2=O)cc1OC. The molecule has 1 heterocycles. The van der Waals surface area contributed by atoms with Crippen molar-refractivity contribution in [1.29, 1.82) is 5.26 Å². The van der Waals surface area contributed by atoms with Crippen molar-refractivity contribution >= 4 is 5.91 Å². The van der Waals surface area contributed by atoms with Crippen LogP contribution in [0.15, 0.2) is 18.2 Å². The molecule has 1 aromatic carbocycles. The van der Waals surface area contributed by atoms with Crippen LogP contribution in [0.25, 0.3) is 0 Å². The van der Waals surface area contributed by atoms with Gasteiger partial charge in [-0.15, -0.1) is 0 Å². The Balaban J connectivity index is 2.12. The Hall–Kier alpha value is -2.22. The molecule has 1 aromatic rings. The van der Waals surface area contributed by atoms with Gasteiger partial charge in [-0.1, -0.05) is 6.07 Å². The second-order valence-corrected chi connectivity index (χ2v) is 4.49. The van der Waals surface area contributed by atoms with Crippen molar-refractivity contribution < 1.29 is 14.3 Å². The number of methoxy groups -OCH3 is 2. The van der Waals surface area contributed by atoms with Gasteiger partial charge in [-0.05, 0) is 17.7 Å². The van der Waals surface area contributed by atoms with Crippen molar-refractivity contribution in [2.75, 3.05) is 20.8 Å². The maximum absolute atomic E-state index is 11.7. The fourth-order valence-electron chi connectivity index (χ4n) is 2.21. The summed E-state index contributed by atoms with van der Waals surface area (Å²) in [7, 11) is 3.16. The molecule has 2 rings (SSSR count). The first kappa shape index (κ1) is 13.2. The Morgan fingerprint density at radius 3 is 2.68 bits per heavy atom. The van der Waals surface area contributed by atoms with Crippen molar-refractivity contribution in [2.45, 2.75) is 13.0 Å². The lowest BCUT2D eigenvalue weighted by Gasteiger charge is -2.17. The lowest BCUT2D eigenvalue weighted by Crippen LogP contribution is -2.24. The molecule has 0 aliphatic carbocycles. The highest BCUT2D eigenvalue weighted by atomic mass is 16.5. The summed E-state index contributed by atoms with van der Waals surface area (Å²) in [5.41, 5.74) is 0.963. The number of hydrogen-bond donors (Lipinski definition) is 0. The monoisotopic (exact) mass is 260 g/mol. The van der Waals surface area contributed by atoms with Crippen molar-refractivity contribution in [2.24, 2.45) is 5.92 Å². The first-order valence-corrected chi connectivity index (χ1v) is 6.06. The number of ether oxygens (including phenoxy) is 2. The Bertz CT molecular complexity index is 522. The fraction of sp³-hybridized carbons (Fsp3) is 0.429. The number of rotatable bonds is 4. The molecule has 1 aliphatic heterocycles. The molecular formula is C14H16N2O3. The first-order chi connectivity index (χ1) is 9.17. The van der Waals surface area contributed by atoms with Gasteiger partial charge in [0.25, 0.3) is 0 Å². The molecule has 1 saturated heterocycles. The summed E-state index contributed by atoms with van der Waals surface area (Å²) in [5.74, 6) is 1.14. The maximum Gasteiger partial charge on any atom is 0.224 e. The smallest absolute Gasteiger partial charge is 0.224 e. The van der Waals surface area contributed by atoms with Crippen LogP contribution in [0, 0.1) is 17.2 Å². The predicted molar refractivity (Wildman–Crippen MR) is 68.7 cm³/mol. The second-order valence-electron chi connectivity index (χ2n) is 4.49. The zero-order valence-corrected chi connectivity index (χ0v) is 11.0. The molecule has 0 unspecified atom stereocenters. The van der Waals surface area contributed by atoms with E-state index in [1.807, 2.05) is 18.2 Å². The van der Waals surface area contributed by atoms with Gasteiger partial charge >= 0.3 is 0 Å². The summed E-state index contributed by atoms with van der Waals surface area (Å²) in [5, 5.41) is 8.85. The first-order valence-electron chi connectivity index (χ1n) is 6.06. The second kappa shape index (κ2) is 5.61. The third kappa shape index (κ3) is 2.79. The number of likely N-dealkylation sites (tertiary alicyclic amines) is 1. The van der Waals surface area contributed by atoms with E-state index >= 15 is 0 Å². The van der Waals surface area contributed by atoms with Gasteiger partial charge in [-0.25, -0.2) is 0 Å². The Morgan fingerprint density at radius 1 is 1.37 bits per heavy atom. The Labute approximate surface area is 112 Å². The maximum atomic E-state index is 11.7. The Kier molecular flexibility index (Phi) is 3.91. The highest BCUT2D eigenvalue weighted by molar-refractivity contribution is 5.79. The molecule has 0 saturated carbocycles. The summed E-state index contributed by atoms with van der Waals surface area (Å²) < 4.78 is 10.4. The molecule has 19 heavy (non-hydrogen) atoms. The van der Waals surface area contributed by atoms with Crippen LogP contribution in [0.2, 0.25) is 0 Å². The third-order valence-electron chi connectivity index (χ3n) is 3.22. The normalized spacial score (nSPS) is 18.3. The molecule has 1 amide bonds. The van der Waals surface area contributed by atoms with Crippen LogP contribution in [-0.4, -0.2) is 31.6 Å². The topological polar surface area (TPSA) is 62.6 Å². The van der Waals surface area contributed by atoms with Crippen LogP contribution in [0.3, 0.4) is 0 Å². The number of hydrogen-bond acceptors (Lipinski definition) is 4. The predicted octanol–water partition coefficient (Wildman–Crippen LogP) is 1.58. The molecule has 100 valence electrons. The summed E-state index contributed by atoms with van der Waals surface area (Å²) in [4.78, 5) is 13.4. The van der Waals surface area contributed by atoms with Gasteiger partial charge < -0.3 is 14.4 Å². The van der Waals surface area contributed by atoms with Crippen molar-refractivity contribution in [3.05, 3.63) is 23.8 Å². The van der Waals surface area contributed by atoms with Gasteiger partial charge in [-0.3, -0.25) is 4.79 Å². The largest absolute Gasteiger partial charge is 0.493 e.